The molecule has 1 aliphatic heterocycles. The number of hydrogen-bond acceptors (Lipinski definition) is 4. The summed E-state index contributed by atoms with van der Waals surface area (Å²) in [5.74, 6) is 0.508. The summed E-state index contributed by atoms with van der Waals surface area (Å²) in [6.07, 6.45) is 6.24. The van der Waals surface area contributed by atoms with Crippen molar-refractivity contribution in [2.24, 2.45) is 7.05 Å². The molecule has 0 atom stereocenters. The molecule has 1 fully saturated rings. The maximum atomic E-state index is 13.0. The number of hydrogen-bond donors (Lipinski definition) is 0. The summed E-state index contributed by atoms with van der Waals surface area (Å²) in [4.78, 5) is 20.2. The molecule has 29 heavy (non-hydrogen) atoms. The van der Waals surface area contributed by atoms with Crippen LogP contribution in [0.25, 0.3) is 27.8 Å². The highest BCUT2D eigenvalue weighted by Crippen LogP contribution is 2.29. The molecule has 4 heterocycles. The van der Waals surface area contributed by atoms with Crippen molar-refractivity contribution < 1.29 is 0 Å². The van der Waals surface area contributed by atoms with Crippen LogP contribution in [0.5, 0.6) is 0 Å². The van der Waals surface area contributed by atoms with E-state index in [0.29, 0.717) is 11.6 Å². The van der Waals surface area contributed by atoms with Crippen molar-refractivity contribution >= 4 is 16.6 Å². The molecule has 0 amide bonds. The second-order valence-corrected chi connectivity index (χ2v) is 8.28. The summed E-state index contributed by atoms with van der Waals surface area (Å²) in [5.41, 5.74) is 5.57. The molecule has 148 valence electrons. The average molecular weight is 387 g/mol. The number of aromatic nitrogens is 4. The van der Waals surface area contributed by atoms with E-state index < -0.39 is 0 Å². The molecule has 0 radical (unpaired) electrons. The first-order valence-electron chi connectivity index (χ1n) is 10.1. The summed E-state index contributed by atoms with van der Waals surface area (Å²) < 4.78 is 3.51. The second-order valence-electron chi connectivity index (χ2n) is 8.28. The summed E-state index contributed by atoms with van der Waals surface area (Å²) in [5, 5.41) is 5.46. The minimum absolute atomic E-state index is 0.0332. The van der Waals surface area contributed by atoms with Crippen LogP contribution >= 0.6 is 0 Å². The Labute approximate surface area is 169 Å². The van der Waals surface area contributed by atoms with Gasteiger partial charge in [-0.1, -0.05) is 12.1 Å². The third kappa shape index (κ3) is 3.23. The quantitative estimate of drug-likeness (QED) is 0.529. The van der Waals surface area contributed by atoms with Gasteiger partial charge in [-0.15, -0.1) is 0 Å². The number of fused-ring (bicyclic) bond motifs is 2. The highest BCUT2D eigenvalue weighted by atomic mass is 16.1. The van der Waals surface area contributed by atoms with Gasteiger partial charge >= 0.3 is 0 Å². The van der Waals surface area contributed by atoms with Crippen molar-refractivity contribution in [1.29, 1.82) is 0 Å². The molecule has 3 aromatic heterocycles. The van der Waals surface area contributed by atoms with Crippen molar-refractivity contribution in [3.8, 4) is 11.3 Å². The zero-order valence-corrected chi connectivity index (χ0v) is 17.1. The predicted octanol–water partition coefficient (Wildman–Crippen LogP) is 3.37. The van der Waals surface area contributed by atoms with E-state index in [9.17, 15) is 4.79 Å². The lowest BCUT2D eigenvalue weighted by Crippen LogP contribution is -2.29. The topological polar surface area (TPSA) is 55.4 Å². The van der Waals surface area contributed by atoms with Crippen LogP contribution in [-0.4, -0.2) is 44.2 Å². The first kappa shape index (κ1) is 18.1. The fourth-order valence-corrected chi connectivity index (χ4v) is 4.42. The Bertz CT molecular complexity index is 1280. The molecule has 1 saturated heterocycles. The fourth-order valence-electron chi connectivity index (χ4n) is 4.42. The van der Waals surface area contributed by atoms with Gasteiger partial charge in [0, 0.05) is 36.5 Å². The maximum Gasteiger partial charge on any atom is 0.258 e. The van der Waals surface area contributed by atoms with E-state index in [1.54, 1.807) is 15.1 Å². The van der Waals surface area contributed by atoms with Crippen LogP contribution in [0, 0.1) is 6.92 Å². The fraction of sp³-hybridized carbons (Fsp3) is 0.348. The number of likely N-dealkylation sites (tertiary alicyclic amines) is 1. The van der Waals surface area contributed by atoms with E-state index in [4.69, 9.17) is 4.98 Å². The van der Waals surface area contributed by atoms with Gasteiger partial charge in [0.2, 0.25) is 0 Å². The molecule has 1 aliphatic rings. The average Bonchev–Trinajstić information content (AvgIpc) is 3.08. The van der Waals surface area contributed by atoms with Crippen molar-refractivity contribution in [3.05, 3.63) is 64.2 Å². The third-order valence-corrected chi connectivity index (χ3v) is 6.07. The largest absolute Gasteiger partial charge is 0.306 e. The third-order valence-electron chi connectivity index (χ3n) is 6.07. The van der Waals surface area contributed by atoms with Gasteiger partial charge in [-0.25, -0.2) is 4.98 Å². The van der Waals surface area contributed by atoms with E-state index in [0.717, 1.165) is 53.6 Å². The van der Waals surface area contributed by atoms with Crippen molar-refractivity contribution in [2.45, 2.75) is 25.7 Å². The molecule has 0 N–H and O–H groups in total. The van der Waals surface area contributed by atoms with Crippen molar-refractivity contribution in [2.75, 3.05) is 20.1 Å². The van der Waals surface area contributed by atoms with Gasteiger partial charge in [0.25, 0.3) is 5.56 Å². The number of piperidine rings is 1. The lowest BCUT2D eigenvalue weighted by atomic mass is 9.90. The van der Waals surface area contributed by atoms with Gasteiger partial charge in [-0.05, 0) is 69.1 Å². The smallest absolute Gasteiger partial charge is 0.258 e. The molecule has 5 rings (SSSR count). The minimum atomic E-state index is -0.0332. The van der Waals surface area contributed by atoms with E-state index in [1.807, 2.05) is 44.6 Å². The molecular formula is C23H25N5O. The number of rotatable bonds is 2. The monoisotopic (exact) mass is 387 g/mol. The molecule has 0 spiro atoms. The first-order valence-corrected chi connectivity index (χ1v) is 10.1. The SMILES string of the molecule is Cc1cc(C2CCN(C)CC2)cn2c(=O)cc(-c3ccc4nn(C)cc4c3)nc12. The molecular weight excluding hydrogens is 362 g/mol. The summed E-state index contributed by atoms with van der Waals surface area (Å²) >= 11 is 0. The molecule has 6 heteroatoms. The molecule has 0 unspecified atom stereocenters. The van der Waals surface area contributed by atoms with E-state index in [-0.39, 0.29) is 5.56 Å². The molecule has 0 bridgehead atoms. The van der Waals surface area contributed by atoms with Gasteiger partial charge in [0.05, 0.1) is 11.2 Å². The second kappa shape index (κ2) is 6.81. The number of aryl methyl sites for hydroxylation is 2. The lowest BCUT2D eigenvalue weighted by molar-refractivity contribution is 0.255. The Hall–Kier alpha value is -2.99. The Balaban J connectivity index is 1.59. The maximum absolute atomic E-state index is 13.0. The zero-order chi connectivity index (χ0) is 20.1. The number of benzene rings is 1. The normalized spacial score (nSPS) is 16.1. The van der Waals surface area contributed by atoms with E-state index in [2.05, 4.69) is 23.1 Å². The van der Waals surface area contributed by atoms with E-state index in [1.165, 1.54) is 5.56 Å². The minimum Gasteiger partial charge on any atom is -0.306 e. The van der Waals surface area contributed by atoms with E-state index >= 15 is 0 Å². The molecule has 1 aromatic carbocycles. The van der Waals surface area contributed by atoms with Crippen LogP contribution in [0.1, 0.15) is 29.9 Å². The van der Waals surface area contributed by atoms with Gasteiger partial charge in [-0.2, -0.15) is 5.10 Å². The number of pyridine rings is 1. The van der Waals surface area contributed by atoms with Crippen LogP contribution in [-0.2, 0) is 7.05 Å². The van der Waals surface area contributed by atoms with Crippen LogP contribution in [0.3, 0.4) is 0 Å². The lowest BCUT2D eigenvalue weighted by Gasteiger charge is -2.29. The van der Waals surface area contributed by atoms with Crippen LogP contribution in [0.15, 0.2) is 47.5 Å². The van der Waals surface area contributed by atoms with Crippen LogP contribution in [0.4, 0.5) is 0 Å². The molecule has 0 saturated carbocycles. The Morgan fingerprint density at radius 2 is 1.83 bits per heavy atom. The Morgan fingerprint density at radius 3 is 2.62 bits per heavy atom. The summed E-state index contributed by atoms with van der Waals surface area (Å²) in [7, 11) is 4.08. The highest BCUT2D eigenvalue weighted by Gasteiger charge is 2.20. The van der Waals surface area contributed by atoms with Crippen molar-refractivity contribution in [3.63, 3.8) is 0 Å². The molecule has 4 aromatic rings. The van der Waals surface area contributed by atoms with Crippen LogP contribution in [0.2, 0.25) is 0 Å². The van der Waals surface area contributed by atoms with Gasteiger partial charge in [-0.3, -0.25) is 13.9 Å². The van der Waals surface area contributed by atoms with Gasteiger partial charge < -0.3 is 4.90 Å². The van der Waals surface area contributed by atoms with Crippen molar-refractivity contribution in [1.82, 2.24) is 24.1 Å². The van der Waals surface area contributed by atoms with Crippen LogP contribution < -0.4 is 5.56 Å². The first-order chi connectivity index (χ1) is 14.0. The van der Waals surface area contributed by atoms with Gasteiger partial charge in [0.1, 0.15) is 5.65 Å². The summed E-state index contributed by atoms with van der Waals surface area (Å²) in [6.45, 7) is 4.25. The predicted molar refractivity (Wildman–Crippen MR) is 115 cm³/mol. The van der Waals surface area contributed by atoms with Gasteiger partial charge in [0.15, 0.2) is 0 Å². The molecule has 6 nitrogen and oxygen atoms in total. The molecule has 0 aliphatic carbocycles. The highest BCUT2D eigenvalue weighted by molar-refractivity contribution is 5.83. The number of nitrogens with zero attached hydrogens (tertiary/aromatic N) is 5. The Morgan fingerprint density at radius 1 is 1.03 bits per heavy atom. The Kier molecular flexibility index (Phi) is 4.24. The standard InChI is InChI=1S/C23H25N5O/c1-15-10-18(16-6-8-26(2)9-7-16)14-28-22(29)12-21(24-23(15)28)17-4-5-20-19(11-17)13-27(3)25-20/h4-5,10-14,16H,6-9H2,1-3H3. The summed E-state index contributed by atoms with van der Waals surface area (Å²) in [6, 6.07) is 9.86. The zero-order valence-electron chi connectivity index (χ0n) is 17.1.